The number of halogens is 3. The lowest BCUT2D eigenvalue weighted by molar-refractivity contribution is -0.139. The zero-order valence-electron chi connectivity index (χ0n) is 21.3. The Kier molecular flexibility index (Phi) is 6.29. The highest BCUT2D eigenvalue weighted by molar-refractivity contribution is 6.30. The van der Waals surface area contributed by atoms with Crippen LogP contribution in [-0.4, -0.2) is 48.7 Å². The van der Waals surface area contributed by atoms with Gasteiger partial charge in [-0.25, -0.2) is 8.78 Å². The Hall–Kier alpha value is -3.99. The Morgan fingerprint density at radius 3 is 2.48 bits per heavy atom. The first-order valence-electron chi connectivity index (χ1n) is 12.5. The summed E-state index contributed by atoms with van der Waals surface area (Å²) in [5.74, 6) is -2.53. The molecule has 0 spiro atoms. The Morgan fingerprint density at radius 2 is 1.85 bits per heavy atom. The van der Waals surface area contributed by atoms with Crippen LogP contribution < -0.4 is 0 Å². The molecule has 0 saturated heterocycles. The van der Waals surface area contributed by atoms with Crippen LogP contribution in [0.3, 0.4) is 0 Å². The summed E-state index contributed by atoms with van der Waals surface area (Å²) in [7, 11) is 1.65. The van der Waals surface area contributed by atoms with Crippen molar-refractivity contribution in [3.63, 3.8) is 0 Å². The molecule has 2 aromatic carbocycles. The van der Waals surface area contributed by atoms with Crippen molar-refractivity contribution in [1.29, 1.82) is 0 Å². The second-order valence-electron chi connectivity index (χ2n) is 10.1. The van der Waals surface area contributed by atoms with Gasteiger partial charge in [-0.2, -0.15) is 5.10 Å². The number of fused-ring (bicyclic) bond motifs is 1. The average Bonchev–Trinajstić information content (AvgIpc) is 3.43. The number of carbonyl (C=O) groups is 2. The molecule has 1 unspecified atom stereocenters. The van der Waals surface area contributed by atoms with Gasteiger partial charge in [0.15, 0.2) is 11.5 Å². The number of aliphatic hydroxyl groups is 1. The maximum Gasteiger partial charge on any atom is 0.257 e. The molecule has 8 nitrogen and oxygen atoms in total. The largest absolute Gasteiger partial charge is 0.387 e. The molecule has 1 saturated carbocycles. The van der Waals surface area contributed by atoms with Crippen LogP contribution in [0.15, 0.2) is 67.1 Å². The summed E-state index contributed by atoms with van der Waals surface area (Å²) in [4.78, 5) is 32.7. The van der Waals surface area contributed by atoms with E-state index in [0.29, 0.717) is 29.1 Å². The van der Waals surface area contributed by atoms with E-state index in [-0.39, 0.29) is 35.4 Å². The van der Waals surface area contributed by atoms with E-state index in [9.17, 15) is 19.1 Å². The fourth-order valence-corrected chi connectivity index (χ4v) is 5.09. The van der Waals surface area contributed by atoms with E-state index in [2.05, 4.69) is 10.1 Å². The van der Waals surface area contributed by atoms with Gasteiger partial charge in [-0.1, -0.05) is 23.7 Å². The van der Waals surface area contributed by atoms with Crippen molar-refractivity contribution in [3.05, 3.63) is 117 Å². The van der Waals surface area contributed by atoms with E-state index in [1.54, 1.807) is 31.3 Å². The first kappa shape index (κ1) is 26.2. The summed E-state index contributed by atoms with van der Waals surface area (Å²) < 4.78 is 37.7. The maximum absolute atomic E-state index is 16.3. The molecule has 0 bridgehead atoms. The van der Waals surface area contributed by atoms with Crippen molar-refractivity contribution in [1.82, 2.24) is 19.7 Å². The first-order chi connectivity index (χ1) is 19.1. The Labute approximate surface area is 232 Å². The highest BCUT2D eigenvalue weighted by Gasteiger charge is 2.56. The molecule has 4 aromatic rings. The average molecular weight is 565 g/mol. The third kappa shape index (κ3) is 4.47. The Morgan fingerprint density at radius 1 is 1.10 bits per heavy atom. The van der Waals surface area contributed by atoms with Crippen LogP contribution >= 0.6 is 11.6 Å². The summed E-state index contributed by atoms with van der Waals surface area (Å²) >= 11 is 6.15. The lowest BCUT2D eigenvalue weighted by Gasteiger charge is -2.40. The van der Waals surface area contributed by atoms with Gasteiger partial charge < -0.3 is 9.84 Å². The highest BCUT2D eigenvalue weighted by Crippen LogP contribution is 2.49. The topological polar surface area (TPSA) is 97.6 Å². The quantitative estimate of drug-likeness (QED) is 0.319. The van der Waals surface area contributed by atoms with Gasteiger partial charge in [0, 0.05) is 29.4 Å². The number of hydrogen-bond donors (Lipinski definition) is 1. The van der Waals surface area contributed by atoms with Crippen LogP contribution in [0.5, 0.6) is 0 Å². The smallest absolute Gasteiger partial charge is 0.257 e. The van der Waals surface area contributed by atoms with Crippen molar-refractivity contribution in [2.24, 2.45) is 7.05 Å². The number of carbonyl (C=O) groups excluding carboxylic acids is 2. The van der Waals surface area contributed by atoms with Crippen molar-refractivity contribution in [2.75, 3.05) is 6.61 Å². The zero-order chi connectivity index (χ0) is 28.2. The fourth-order valence-electron chi connectivity index (χ4n) is 4.96. The zero-order valence-corrected chi connectivity index (χ0v) is 22.0. The van der Waals surface area contributed by atoms with E-state index < -0.39 is 34.7 Å². The second kappa shape index (κ2) is 9.58. The molecule has 1 fully saturated rings. The minimum Gasteiger partial charge on any atom is -0.387 e. The number of ether oxygens (including phenoxy) is 1. The number of hydrogen-bond acceptors (Lipinski definition) is 6. The van der Waals surface area contributed by atoms with E-state index in [1.807, 2.05) is 0 Å². The third-order valence-electron chi connectivity index (χ3n) is 7.24. The first-order valence-corrected chi connectivity index (χ1v) is 12.9. The molecule has 2 aliphatic rings. The summed E-state index contributed by atoms with van der Waals surface area (Å²) in [5, 5.41) is 15.1. The number of amides is 1. The number of ketones is 1. The minimum absolute atomic E-state index is 0.0369. The number of pyridine rings is 1. The van der Waals surface area contributed by atoms with Gasteiger partial charge in [0.2, 0.25) is 0 Å². The van der Waals surface area contributed by atoms with Crippen LogP contribution in [-0.2, 0) is 24.1 Å². The fraction of sp³-hybridized carbons (Fsp3) is 0.241. The molecule has 11 heteroatoms. The predicted molar refractivity (Wildman–Crippen MR) is 139 cm³/mol. The number of aryl methyl sites for hydroxylation is 1. The number of benzene rings is 2. The molecule has 0 radical (unpaired) electrons. The lowest BCUT2D eigenvalue weighted by atomic mass is 9.90. The molecule has 6 rings (SSSR count). The predicted octanol–water partition coefficient (Wildman–Crippen LogP) is 4.38. The molecule has 1 N–H and O–H groups in total. The minimum atomic E-state index is -1.84. The van der Waals surface area contributed by atoms with Crippen LogP contribution in [0, 0.1) is 11.6 Å². The van der Waals surface area contributed by atoms with Gasteiger partial charge in [-0.3, -0.25) is 24.2 Å². The molecule has 1 aliphatic carbocycles. The van der Waals surface area contributed by atoms with Crippen LogP contribution in [0.2, 0.25) is 5.02 Å². The van der Waals surface area contributed by atoms with Gasteiger partial charge >= 0.3 is 0 Å². The SMILES string of the molecule is Cn1cc(C(=O)c2cc(F)c3c(c2)C(=O)N(Cc2ccc(F)cn2)C3(OCC2(O)CC2)c2ccc(Cl)cc2)cn1. The van der Waals surface area contributed by atoms with Gasteiger partial charge in [0.25, 0.3) is 5.91 Å². The van der Waals surface area contributed by atoms with Gasteiger partial charge in [0.1, 0.15) is 11.6 Å². The highest BCUT2D eigenvalue weighted by atomic mass is 35.5. The summed E-state index contributed by atoms with van der Waals surface area (Å²) in [5.41, 5.74) is -2.24. The van der Waals surface area contributed by atoms with E-state index in [4.69, 9.17) is 16.3 Å². The van der Waals surface area contributed by atoms with Gasteiger partial charge in [-0.05, 0) is 49.2 Å². The molecule has 40 heavy (non-hydrogen) atoms. The normalized spacial score (nSPS) is 19.1. The lowest BCUT2D eigenvalue weighted by Crippen LogP contribution is -2.48. The summed E-state index contributed by atoms with van der Waals surface area (Å²) in [6.45, 7) is -0.369. The standard InChI is InChI=1S/C29H23ClF2N4O4/c1-35-14-18(12-34-35)26(37)17-10-23-25(24(32)11-17)29(40-16-28(39)8-9-28,19-2-4-20(30)5-3-19)36(27(23)38)15-22-7-6-21(31)13-33-22/h2-7,10-14,39H,8-9,15-16H2,1H3. The Balaban J connectivity index is 1.55. The van der Waals surface area contributed by atoms with Crippen molar-refractivity contribution in [2.45, 2.75) is 30.7 Å². The van der Waals surface area contributed by atoms with Crippen molar-refractivity contribution < 1.29 is 28.2 Å². The number of nitrogens with zero attached hydrogens (tertiary/aromatic N) is 4. The molecule has 2 aromatic heterocycles. The number of aromatic nitrogens is 3. The molecular formula is C29H23ClF2N4O4. The molecule has 3 heterocycles. The molecular weight excluding hydrogens is 542 g/mol. The van der Waals surface area contributed by atoms with E-state index in [1.165, 1.54) is 40.2 Å². The summed E-state index contributed by atoms with van der Waals surface area (Å²) in [6, 6.07) is 11.4. The van der Waals surface area contributed by atoms with Gasteiger partial charge in [-0.15, -0.1) is 0 Å². The van der Waals surface area contributed by atoms with E-state index in [0.717, 1.165) is 12.3 Å². The third-order valence-corrected chi connectivity index (χ3v) is 7.49. The van der Waals surface area contributed by atoms with Crippen LogP contribution in [0.4, 0.5) is 8.78 Å². The Bertz CT molecular complexity index is 1640. The van der Waals surface area contributed by atoms with E-state index >= 15 is 4.39 Å². The van der Waals surface area contributed by atoms with Crippen molar-refractivity contribution in [3.8, 4) is 0 Å². The van der Waals surface area contributed by atoms with Crippen LogP contribution in [0.25, 0.3) is 0 Å². The molecule has 1 atom stereocenters. The van der Waals surface area contributed by atoms with Gasteiger partial charge in [0.05, 0.1) is 53.5 Å². The molecule has 1 amide bonds. The molecule has 1 aliphatic heterocycles. The van der Waals surface area contributed by atoms with Crippen molar-refractivity contribution >= 4 is 23.3 Å². The molecule has 204 valence electrons. The van der Waals surface area contributed by atoms with Crippen LogP contribution in [0.1, 0.15) is 55.9 Å². The summed E-state index contributed by atoms with van der Waals surface area (Å²) in [6.07, 6.45) is 4.86. The maximum atomic E-state index is 16.3. The second-order valence-corrected chi connectivity index (χ2v) is 10.6. The monoisotopic (exact) mass is 564 g/mol. The number of rotatable bonds is 8.